The summed E-state index contributed by atoms with van der Waals surface area (Å²) in [5, 5.41) is 10.1. The summed E-state index contributed by atoms with van der Waals surface area (Å²) in [4.78, 5) is 41.7. The highest BCUT2D eigenvalue weighted by atomic mass is 32.1. The second-order valence-corrected chi connectivity index (χ2v) is 6.73. The quantitative estimate of drug-likeness (QED) is 0.622. The highest BCUT2D eigenvalue weighted by Crippen LogP contribution is 2.34. The molecule has 0 bridgehead atoms. The molecular formula is C14H18N4O6S. The average molecular weight is 370 g/mol. The summed E-state index contributed by atoms with van der Waals surface area (Å²) in [6, 6.07) is 0. The van der Waals surface area contributed by atoms with E-state index in [4.69, 9.17) is 15.2 Å². The monoisotopic (exact) mass is 370 g/mol. The number of aromatic nitrogens is 3. The average Bonchev–Trinajstić information content (AvgIpc) is 3.06. The lowest BCUT2D eigenvalue weighted by molar-refractivity contribution is -0.152. The van der Waals surface area contributed by atoms with Gasteiger partial charge in [-0.2, -0.15) is 4.98 Å². The summed E-state index contributed by atoms with van der Waals surface area (Å²) in [7, 11) is 0. The van der Waals surface area contributed by atoms with Crippen LogP contribution in [0.4, 0.5) is 5.95 Å². The highest BCUT2D eigenvalue weighted by Gasteiger charge is 2.43. The lowest BCUT2D eigenvalue weighted by Crippen LogP contribution is -2.30. The first-order chi connectivity index (χ1) is 11.8. The highest BCUT2D eigenvalue weighted by molar-refractivity contribution is 7.16. The number of fused-ring (bicyclic) bond motifs is 1. The standard InChI is InChI=1S/C14H18N4O6S/c1-3-6(20)7-4-8(23-5(2)19)12(24-7)18-10-9(25-14(18)22)11(21)17-13(15)16-10/h6-8,12,20H,3-4H2,1-2H3,(H3,15,16,17,21)/t6?,7?,8-,12?/m1/s1. The molecule has 10 nitrogen and oxygen atoms in total. The van der Waals surface area contributed by atoms with Gasteiger partial charge in [0.2, 0.25) is 5.95 Å². The molecular weight excluding hydrogens is 352 g/mol. The Morgan fingerprint density at radius 3 is 2.96 bits per heavy atom. The molecule has 4 atom stereocenters. The van der Waals surface area contributed by atoms with Crippen LogP contribution in [-0.4, -0.2) is 43.9 Å². The number of anilines is 1. The molecule has 1 saturated heterocycles. The minimum absolute atomic E-state index is 0.0602. The van der Waals surface area contributed by atoms with Crippen molar-refractivity contribution in [1.29, 1.82) is 0 Å². The Labute approximate surface area is 145 Å². The molecule has 2 aromatic heterocycles. The first kappa shape index (κ1) is 17.6. The molecule has 0 aromatic carbocycles. The number of carbonyl (C=O) groups excluding carboxylic acids is 1. The zero-order valence-corrected chi connectivity index (χ0v) is 14.4. The van der Waals surface area contributed by atoms with Gasteiger partial charge in [0, 0.05) is 13.3 Å². The van der Waals surface area contributed by atoms with Crippen molar-refractivity contribution >= 4 is 33.6 Å². The fourth-order valence-corrected chi connectivity index (χ4v) is 3.74. The SMILES string of the molecule is CCC(O)C1C[C@@H](OC(C)=O)C(n2c(=O)sc3c(=O)[nH]c(N)nc32)O1. The van der Waals surface area contributed by atoms with Gasteiger partial charge in [-0.1, -0.05) is 18.3 Å². The molecule has 0 saturated carbocycles. The summed E-state index contributed by atoms with van der Waals surface area (Å²) >= 11 is 0.700. The minimum atomic E-state index is -0.995. The van der Waals surface area contributed by atoms with Gasteiger partial charge in [0.05, 0.1) is 12.2 Å². The number of thiazole rings is 1. The van der Waals surface area contributed by atoms with Crippen LogP contribution in [0.1, 0.15) is 32.9 Å². The van der Waals surface area contributed by atoms with Crippen molar-refractivity contribution in [2.75, 3.05) is 5.73 Å². The number of hydrogen-bond acceptors (Lipinski definition) is 9. The molecule has 3 heterocycles. The summed E-state index contributed by atoms with van der Waals surface area (Å²) < 4.78 is 12.3. The molecule has 11 heteroatoms. The molecule has 1 aliphatic rings. The Bertz CT molecular complexity index is 918. The van der Waals surface area contributed by atoms with Crippen molar-refractivity contribution in [1.82, 2.24) is 14.5 Å². The van der Waals surface area contributed by atoms with Gasteiger partial charge in [-0.25, -0.2) is 0 Å². The summed E-state index contributed by atoms with van der Waals surface area (Å²) in [6.45, 7) is 3.03. The predicted molar refractivity (Wildman–Crippen MR) is 89.3 cm³/mol. The van der Waals surface area contributed by atoms with Crippen molar-refractivity contribution in [2.24, 2.45) is 0 Å². The third-order valence-electron chi connectivity index (χ3n) is 4.01. The smallest absolute Gasteiger partial charge is 0.311 e. The first-order valence-electron chi connectivity index (χ1n) is 7.73. The Morgan fingerprint density at radius 1 is 1.60 bits per heavy atom. The van der Waals surface area contributed by atoms with Gasteiger partial charge in [0.25, 0.3) is 5.56 Å². The number of nitrogens with one attached hydrogen (secondary N) is 1. The van der Waals surface area contributed by atoms with Crippen LogP contribution in [0.3, 0.4) is 0 Å². The zero-order valence-electron chi connectivity index (χ0n) is 13.6. The van der Waals surface area contributed by atoms with Crippen LogP contribution in [0.5, 0.6) is 0 Å². The second-order valence-electron chi connectivity index (χ2n) is 5.77. The normalized spacial score (nSPS) is 24.5. The van der Waals surface area contributed by atoms with Crippen molar-refractivity contribution in [3.63, 3.8) is 0 Å². The van der Waals surface area contributed by atoms with E-state index in [2.05, 4.69) is 9.97 Å². The predicted octanol–water partition coefficient (Wildman–Crippen LogP) is -0.281. The number of H-pyrrole nitrogens is 1. The molecule has 4 N–H and O–H groups in total. The van der Waals surface area contributed by atoms with E-state index in [-0.39, 0.29) is 22.7 Å². The van der Waals surface area contributed by atoms with Crippen LogP contribution in [0.2, 0.25) is 0 Å². The van der Waals surface area contributed by atoms with E-state index in [1.54, 1.807) is 6.92 Å². The molecule has 136 valence electrons. The van der Waals surface area contributed by atoms with Gasteiger partial charge in [-0.15, -0.1) is 0 Å². The van der Waals surface area contributed by atoms with Gasteiger partial charge in [-0.05, 0) is 6.42 Å². The van der Waals surface area contributed by atoms with Crippen molar-refractivity contribution < 1.29 is 19.4 Å². The fourth-order valence-electron chi connectivity index (χ4n) is 2.90. The molecule has 25 heavy (non-hydrogen) atoms. The number of aliphatic hydroxyl groups is 1. The Balaban J connectivity index is 2.10. The van der Waals surface area contributed by atoms with Crippen molar-refractivity contribution in [3.05, 3.63) is 20.0 Å². The Kier molecular flexibility index (Phi) is 4.62. The maximum absolute atomic E-state index is 12.4. The molecule has 0 amide bonds. The summed E-state index contributed by atoms with van der Waals surface area (Å²) in [5.74, 6) is -0.681. The van der Waals surface area contributed by atoms with Gasteiger partial charge >= 0.3 is 10.8 Å². The number of aliphatic hydroxyl groups excluding tert-OH is 1. The number of nitrogens with two attached hydrogens (primary N) is 1. The third kappa shape index (κ3) is 3.17. The van der Waals surface area contributed by atoms with E-state index in [9.17, 15) is 19.5 Å². The van der Waals surface area contributed by atoms with Crippen molar-refractivity contribution in [3.8, 4) is 0 Å². The molecule has 0 spiro atoms. The number of carbonyl (C=O) groups is 1. The van der Waals surface area contributed by atoms with Crippen LogP contribution in [0.15, 0.2) is 9.59 Å². The number of nitrogen functional groups attached to an aromatic ring is 1. The van der Waals surface area contributed by atoms with Gasteiger partial charge < -0.3 is 20.3 Å². The van der Waals surface area contributed by atoms with Crippen LogP contribution < -0.4 is 16.2 Å². The topological polar surface area (TPSA) is 150 Å². The van der Waals surface area contributed by atoms with Gasteiger partial charge in [0.1, 0.15) is 10.8 Å². The minimum Gasteiger partial charge on any atom is -0.458 e. The molecule has 2 aromatic rings. The van der Waals surface area contributed by atoms with Crippen molar-refractivity contribution in [2.45, 2.75) is 51.2 Å². The Hall–Kier alpha value is -2.24. The van der Waals surface area contributed by atoms with E-state index < -0.39 is 40.9 Å². The summed E-state index contributed by atoms with van der Waals surface area (Å²) in [5.41, 5.74) is 5.10. The molecule has 0 aliphatic carbocycles. The lowest BCUT2D eigenvalue weighted by atomic mass is 10.1. The summed E-state index contributed by atoms with van der Waals surface area (Å²) in [6.07, 6.45) is -2.51. The number of esters is 1. The molecule has 1 aliphatic heterocycles. The molecule has 3 rings (SSSR count). The maximum Gasteiger partial charge on any atom is 0.311 e. The van der Waals surface area contributed by atoms with Crippen LogP contribution >= 0.6 is 11.3 Å². The number of ether oxygens (including phenoxy) is 2. The number of nitrogens with zero attached hydrogens (tertiary/aromatic N) is 2. The van der Waals surface area contributed by atoms with Gasteiger partial charge in [-0.3, -0.25) is 23.9 Å². The number of hydrogen-bond donors (Lipinski definition) is 3. The Morgan fingerprint density at radius 2 is 2.32 bits per heavy atom. The maximum atomic E-state index is 12.4. The van der Waals surface area contributed by atoms with Gasteiger partial charge in [0.15, 0.2) is 11.9 Å². The second kappa shape index (κ2) is 6.58. The first-order valence-corrected chi connectivity index (χ1v) is 8.55. The fraction of sp³-hybridized carbons (Fsp3) is 0.571. The number of rotatable bonds is 4. The lowest BCUT2D eigenvalue weighted by Gasteiger charge is -2.20. The van der Waals surface area contributed by atoms with Crippen LogP contribution in [0, 0.1) is 0 Å². The number of aromatic amines is 1. The van der Waals surface area contributed by atoms with E-state index in [1.165, 1.54) is 6.92 Å². The van der Waals surface area contributed by atoms with E-state index in [0.717, 1.165) is 4.57 Å². The zero-order chi connectivity index (χ0) is 18.3. The third-order valence-corrected chi connectivity index (χ3v) is 4.95. The van der Waals surface area contributed by atoms with E-state index in [0.29, 0.717) is 17.8 Å². The molecule has 1 fully saturated rings. The van der Waals surface area contributed by atoms with Crippen LogP contribution in [-0.2, 0) is 14.3 Å². The van der Waals surface area contributed by atoms with Crippen LogP contribution in [0.25, 0.3) is 10.3 Å². The largest absolute Gasteiger partial charge is 0.458 e. The molecule has 3 unspecified atom stereocenters. The molecule has 0 radical (unpaired) electrons. The van der Waals surface area contributed by atoms with E-state index >= 15 is 0 Å². The van der Waals surface area contributed by atoms with E-state index in [1.807, 2.05) is 0 Å².